The molecular formula is C18H23ClF3N3O4. The monoisotopic (exact) mass is 437 g/mol. The van der Waals surface area contributed by atoms with Crippen molar-refractivity contribution in [2.24, 2.45) is 0 Å². The number of carboxylic acid groups (broad SMARTS) is 1. The number of rotatable bonds is 5. The Morgan fingerprint density at radius 1 is 1.24 bits per heavy atom. The summed E-state index contributed by atoms with van der Waals surface area (Å²) in [4.78, 5) is 37.1. The normalized spacial score (nSPS) is 13.9. The molecule has 1 aromatic carbocycles. The SMILES string of the molecule is CCN(CCC(=O)N1CCNCC1)C(=O)c1cccc(Cl)c1.O=C(O)C(F)(F)F. The molecule has 0 bridgehead atoms. The molecule has 1 aliphatic rings. The van der Waals surface area contributed by atoms with Crippen LogP contribution in [0.3, 0.4) is 0 Å². The summed E-state index contributed by atoms with van der Waals surface area (Å²) >= 11 is 5.93. The lowest BCUT2D eigenvalue weighted by Gasteiger charge is -2.28. The maximum Gasteiger partial charge on any atom is 0.490 e. The summed E-state index contributed by atoms with van der Waals surface area (Å²) in [5.41, 5.74) is 0.559. The average molecular weight is 438 g/mol. The third-order valence-corrected chi connectivity index (χ3v) is 4.28. The molecule has 0 unspecified atom stereocenters. The first-order valence-corrected chi connectivity index (χ1v) is 9.27. The van der Waals surface area contributed by atoms with Gasteiger partial charge < -0.3 is 20.2 Å². The standard InChI is InChI=1S/C16H22ClN3O2.C2HF3O2/c1-2-19(16(22)13-4-3-5-14(17)12-13)9-6-15(21)20-10-7-18-8-11-20;3-2(4,5)1(6)7/h3-5,12,18H,2,6-11H2,1H3;(H,6,7). The number of halogens is 4. The largest absolute Gasteiger partial charge is 0.490 e. The fourth-order valence-corrected chi connectivity index (χ4v) is 2.70. The first-order valence-electron chi connectivity index (χ1n) is 8.89. The number of hydrogen-bond donors (Lipinski definition) is 2. The lowest BCUT2D eigenvalue weighted by atomic mass is 10.2. The molecule has 7 nitrogen and oxygen atoms in total. The summed E-state index contributed by atoms with van der Waals surface area (Å²) in [6.07, 6.45) is -4.72. The molecule has 1 fully saturated rings. The van der Waals surface area contributed by atoms with Crippen LogP contribution < -0.4 is 5.32 Å². The van der Waals surface area contributed by atoms with Crippen LogP contribution in [0.25, 0.3) is 0 Å². The minimum absolute atomic E-state index is 0.0851. The molecule has 0 atom stereocenters. The van der Waals surface area contributed by atoms with Crippen molar-refractivity contribution >= 4 is 29.4 Å². The maximum atomic E-state index is 12.4. The van der Waals surface area contributed by atoms with Crippen LogP contribution >= 0.6 is 11.6 Å². The van der Waals surface area contributed by atoms with Gasteiger partial charge in [-0.1, -0.05) is 17.7 Å². The summed E-state index contributed by atoms with van der Waals surface area (Å²) in [6.45, 7) is 6.08. The van der Waals surface area contributed by atoms with E-state index in [1.807, 2.05) is 11.8 Å². The van der Waals surface area contributed by atoms with Gasteiger partial charge in [-0.25, -0.2) is 4.79 Å². The van der Waals surface area contributed by atoms with Gasteiger partial charge in [0.05, 0.1) is 0 Å². The number of alkyl halides is 3. The fourth-order valence-electron chi connectivity index (χ4n) is 2.51. The van der Waals surface area contributed by atoms with Crippen molar-refractivity contribution < 1.29 is 32.7 Å². The van der Waals surface area contributed by atoms with E-state index in [0.29, 0.717) is 30.1 Å². The van der Waals surface area contributed by atoms with Crippen molar-refractivity contribution in [3.63, 3.8) is 0 Å². The van der Waals surface area contributed by atoms with Crippen molar-refractivity contribution in [1.82, 2.24) is 15.1 Å². The van der Waals surface area contributed by atoms with Crippen LogP contribution in [0.2, 0.25) is 5.02 Å². The Hall–Kier alpha value is -2.33. The van der Waals surface area contributed by atoms with E-state index in [0.717, 1.165) is 26.2 Å². The predicted molar refractivity (Wildman–Crippen MR) is 101 cm³/mol. The van der Waals surface area contributed by atoms with E-state index in [-0.39, 0.29) is 11.8 Å². The number of aliphatic carboxylic acids is 1. The summed E-state index contributed by atoms with van der Waals surface area (Å²) in [6, 6.07) is 6.90. The molecule has 1 aliphatic heterocycles. The maximum absolute atomic E-state index is 12.4. The molecule has 2 N–H and O–H groups in total. The first kappa shape index (κ1) is 24.7. The Morgan fingerprint density at radius 2 is 1.83 bits per heavy atom. The molecule has 0 aliphatic carbocycles. The number of nitrogens with one attached hydrogen (secondary N) is 1. The second-order valence-electron chi connectivity index (χ2n) is 6.08. The van der Waals surface area contributed by atoms with Gasteiger partial charge >= 0.3 is 12.1 Å². The molecule has 0 radical (unpaired) electrons. The van der Waals surface area contributed by atoms with Gasteiger partial charge in [-0.05, 0) is 25.1 Å². The third-order valence-electron chi connectivity index (χ3n) is 4.05. The highest BCUT2D eigenvalue weighted by Crippen LogP contribution is 2.14. The number of carbonyl (C=O) groups excluding carboxylic acids is 2. The zero-order valence-corrected chi connectivity index (χ0v) is 16.6. The molecule has 29 heavy (non-hydrogen) atoms. The van der Waals surface area contributed by atoms with Crippen molar-refractivity contribution in [1.29, 1.82) is 0 Å². The molecule has 0 saturated carbocycles. The van der Waals surface area contributed by atoms with Crippen molar-refractivity contribution in [2.75, 3.05) is 39.3 Å². The van der Waals surface area contributed by atoms with Crippen molar-refractivity contribution in [3.8, 4) is 0 Å². The molecule has 1 saturated heterocycles. The van der Waals surface area contributed by atoms with E-state index in [1.165, 1.54) is 0 Å². The number of hydrogen-bond acceptors (Lipinski definition) is 4. The van der Waals surface area contributed by atoms with Gasteiger partial charge in [0, 0.05) is 56.3 Å². The highest BCUT2D eigenvalue weighted by Gasteiger charge is 2.38. The smallest absolute Gasteiger partial charge is 0.475 e. The lowest BCUT2D eigenvalue weighted by Crippen LogP contribution is -2.47. The second kappa shape index (κ2) is 11.6. The van der Waals surface area contributed by atoms with Gasteiger partial charge in [0.25, 0.3) is 5.91 Å². The van der Waals surface area contributed by atoms with Crippen LogP contribution in [-0.2, 0) is 9.59 Å². The van der Waals surface area contributed by atoms with Gasteiger partial charge in [0.2, 0.25) is 5.91 Å². The Kier molecular flexibility index (Phi) is 9.90. The van der Waals surface area contributed by atoms with Crippen LogP contribution in [0.5, 0.6) is 0 Å². The number of piperazine rings is 1. The van der Waals surface area contributed by atoms with E-state index in [4.69, 9.17) is 21.5 Å². The molecule has 2 amide bonds. The molecule has 0 aromatic heterocycles. The minimum atomic E-state index is -5.08. The Balaban J connectivity index is 0.000000516. The van der Waals surface area contributed by atoms with E-state index < -0.39 is 12.1 Å². The topological polar surface area (TPSA) is 90.0 Å². The fraction of sp³-hybridized carbons (Fsp3) is 0.500. The summed E-state index contributed by atoms with van der Waals surface area (Å²) in [5, 5.41) is 10.9. The van der Waals surface area contributed by atoms with Crippen molar-refractivity contribution in [2.45, 2.75) is 19.5 Å². The molecule has 0 spiro atoms. The van der Waals surface area contributed by atoms with E-state index >= 15 is 0 Å². The highest BCUT2D eigenvalue weighted by atomic mass is 35.5. The number of nitrogens with zero attached hydrogens (tertiary/aromatic N) is 2. The van der Waals surface area contributed by atoms with Gasteiger partial charge in [-0.3, -0.25) is 9.59 Å². The van der Waals surface area contributed by atoms with Gasteiger partial charge in [-0.15, -0.1) is 0 Å². The zero-order valence-electron chi connectivity index (χ0n) is 15.8. The number of benzene rings is 1. The molecule has 11 heteroatoms. The van der Waals surface area contributed by atoms with Crippen LogP contribution in [0.15, 0.2) is 24.3 Å². The first-order chi connectivity index (χ1) is 13.6. The Bertz CT molecular complexity index is 710. The molecular weight excluding hydrogens is 415 g/mol. The van der Waals surface area contributed by atoms with Gasteiger partial charge in [0.1, 0.15) is 0 Å². The van der Waals surface area contributed by atoms with Crippen LogP contribution in [0.1, 0.15) is 23.7 Å². The Labute approximate surface area is 171 Å². The zero-order chi connectivity index (χ0) is 22.0. The lowest BCUT2D eigenvalue weighted by molar-refractivity contribution is -0.192. The Morgan fingerprint density at radius 3 is 2.31 bits per heavy atom. The number of amides is 2. The minimum Gasteiger partial charge on any atom is -0.475 e. The summed E-state index contributed by atoms with van der Waals surface area (Å²) < 4.78 is 31.7. The highest BCUT2D eigenvalue weighted by molar-refractivity contribution is 6.30. The summed E-state index contributed by atoms with van der Waals surface area (Å²) in [7, 11) is 0. The van der Waals surface area contributed by atoms with Gasteiger partial charge in [0.15, 0.2) is 0 Å². The van der Waals surface area contributed by atoms with Crippen LogP contribution in [0, 0.1) is 0 Å². The third kappa shape index (κ3) is 8.70. The van der Waals surface area contributed by atoms with E-state index in [1.54, 1.807) is 29.2 Å². The van der Waals surface area contributed by atoms with Crippen LogP contribution in [-0.4, -0.2) is 78.1 Å². The quantitative estimate of drug-likeness (QED) is 0.737. The molecule has 1 heterocycles. The van der Waals surface area contributed by atoms with E-state index in [2.05, 4.69) is 5.32 Å². The van der Waals surface area contributed by atoms with Gasteiger partial charge in [-0.2, -0.15) is 13.2 Å². The summed E-state index contributed by atoms with van der Waals surface area (Å²) in [5.74, 6) is -2.73. The van der Waals surface area contributed by atoms with Crippen molar-refractivity contribution in [3.05, 3.63) is 34.9 Å². The van der Waals surface area contributed by atoms with E-state index in [9.17, 15) is 22.8 Å². The average Bonchev–Trinajstić information content (AvgIpc) is 2.68. The molecule has 162 valence electrons. The molecule has 1 aromatic rings. The van der Waals surface area contributed by atoms with Crippen LogP contribution in [0.4, 0.5) is 13.2 Å². The number of carbonyl (C=O) groups is 3. The number of carboxylic acids is 1. The molecule has 2 rings (SSSR count). The second-order valence-corrected chi connectivity index (χ2v) is 6.52. The predicted octanol–water partition coefficient (Wildman–Crippen LogP) is 2.26.